The van der Waals surface area contributed by atoms with Gasteiger partial charge in [0.25, 0.3) is 0 Å². The summed E-state index contributed by atoms with van der Waals surface area (Å²) in [6.07, 6.45) is 8.93. The van der Waals surface area contributed by atoms with Crippen molar-refractivity contribution < 1.29 is 4.57 Å². The van der Waals surface area contributed by atoms with Crippen LogP contribution in [0.1, 0.15) is 29.3 Å². The first-order valence-electron chi connectivity index (χ1n) is 9.24. The number of pyridine rings is 1. The Morgan fingerprint density at radius 2 is 1.77 bits per heavy atom. The Balaban J connectivity index is 1.91. The van der Waals surface area contributed by atoms with Gasteiger partial charge in [-0.1, -0.05) is 30.3 Å². The van der Waals surface area contributed by atoms with Crippen LogP contribution in [0.25, 0.3) is 22.9 Å². The van der Waals surface area contributed by atoms with E-state index >= 15 is 0 Å². The molecule has 0 spiro atoms. The van der Waals surface area contributed by atoms with E-state index < -0.39 is 0 Å². The first-order valence-corrected chi connectivity index (χ1v) is 9.24. The van der Waals surface area contributed by atoms with Gasteiger partial charge in [0.1, 0.15) is 7.05 Å². The van der Waals surface area contributed by atoms with Gasteiger partial charge in [0.15, 0.2) is 6.20 Å². The molecule has 2 heteroatoms. The molecule has 1 aliphatic heterocycles. The van der Waals surface area contributed by atoms with Gasteiger partial charge in [0, 0.05) is 35.3 Å². The molecule has 0 bridgehead atoms. The van der Waals surface area contributed by atoms with Crippen molar-refractivity contribution in [1.29, 1.82) is 0 Å². The molecule has 0 N–H and O–H groups in total. The summed E-state index contributed by atoms with van der Waals surface area (Å²) in [4.78, 5) is 2.43. The van der Waals surface area contributed by atoms with E-state index in [2.05, 4.69) is 104 Å². The lowest BCUT2D eigenvalue weighted by Gasteiger charge is -2.31. The largest absolute Gasteiger partial charge is 0.341 e. The molecule has 1 aliphatic rings. The number of hydrogen-bond donors (Lipinski definition) is 0. The topological polar surface area (TPSA) is 7.12 Å². The maximum atomic E-state index is 2.43. The van der Waals surface area contributed by atoms with Gasteiger partial charge < -0.3 is 4.90 Å². The fraction of sp³-hybridized carbons (Fsp3) is 0.208. The molecule has 4 rings (SSSR count). The summed E-state index contributed by atoms with van der Waals surface area (Å²) in [5, 5.41) is 2.66. The predicted octanol–water partition coefficient (Wildman–Crippen LogP) is 5.18. The van der Waals surface area contributed by atoms with E-state index in [-0.39, 0.29) is 0 Å². The number of fused-ring (bicyclic) bond motifs is 3. The third-order valence-electron chi connectivity index (χ3n) is 5.20. The number of aryl methyl sites for hydroxylation is 3. The number of benzene rings is 2. The van der Waals surface area contributed by atoms with Crippen molar-refractivity contribution in [3.63, 3.8) is 0 Å². The molecule has 2 heterocycles. The monoisotopic (exact) mass is 341 g/mol. The van der Waals surface area contributed by atoms with Gasteiger partial charge in [-0.2, -0.15) is 0 Å². The van der Waals surface area contributed by atoms with Crippen molar-refractivity contribution in [3.8, 4) is 0 Å². The Morgan fingerprint density at radius 1 is 1.00 bits per heavy atom. The molecule has 0 amide bonds. The molecule has 2 nitrogen and oxygen atoms in total. The van der Waals surface area contributed by atoms with Crippen LogP contribution >= 0.6 is 0 Å². The van der Waals surface area contributed by atoms with Gasteiger partial charge in [0.05, 0.1) is 5.69 Å². The van der Waals surface area contributed by atoms with Crippen molar-refractivity contribution >= 4 is 28.6 Å². The Labute approximate surface area is 155 Å². The average Bonchev–Trinajstić information content (AvgIpc) is 2.64. The minimum Gasteiger partial charge on any atom is -0.341 e. The number of allylic oxidation sites excluding steroid dienone is 1. The summed E-state index contributed by atoms with van der Waals surface area (Å²) < 4.78 is 2.19. The lowest BCUT2D eigenvalue weighted by atomic mass is 9.95. The van der Waals surface area contributed by atoms with Crippen molar-refractivity contribution in [3.05, 3.63) is 82.8 Å². The summed E-state index contributed by atoms with van der Waals surface area (Å²) in [5.41, 5.74) is 7.65. The van der Waals surface area contributed by atoms with Crippen LogP contribution in [0.3, 0.4) is 0 Å². The Hall–Kier alpha value is -2.87. The van der Waals surface area contributed by atoms with Gasteiger partial charge in [0.2, 0.25) is 5.69 Å². The van der Waals surface area contributed by atoms with Crippen molar-refractivity contribution in [2.24, 2.45) is 7.05 Å². The lowest BCUT2D eigenvalue weighted by molar-refractivity contribution is -0.673. The Morgan fingerprint density at radius 3 is 2.50 bits per heavy atom. The molecule has 0 saturated carbocycles. The zero-order chi connectivity index (χ0) is 18.3. The highest BCUT2D eigenvalue weighted by Crippen LogP contribution is 2.39. The van der Waals surface area contributed by atoms with Gasteiger partial charge in [-0.25, -0.2) is 4.57 Å². The quantitative estimate of drug-likeness (QED) is 0.583. The molecule has 1 aromatic heterocycles. The normalized spacial score (nSPS) is 14.9. The smallest absolute Gasteiger partial charge is 0.207 e. The molecule has 0 fully saturated rings. The summed E-state index contributed by atoms with van der Waals surface area (Å²) in [6, 6.07) is 15.4. The van der Waals surface area contributed by atoms with Crippen LogP contribution in [0, 0.1) is 13.8 Å². The fourth-order valence-electron chi connectivity index (χ4n) is 3.92. The summed E-state index contributed by atoms with van der Waals surface area (Å²) in [7, 11) is 2.11. The van der Waals surface area contributed by atoms with Crippen LogP contribution in [0.15, 0.2) is 60.4 Å². The van der Waals surface area contributed by atoms with E-state index in [1.54, 1.807) is 0 Å². The maximum absolute atomic E-state index is 2.43. The van der Waals surface area contributed by atoms with Crippen LogP contribution in [-0.2, 0) is 7.05 Å². The lowest BCUT2D eigenvalue weighted by Crippen LogP contribution is -2.32. The second-order valence-electron chi connectivity index (χ2n) is 7.07. The van der Waals surface area contributed by atoms with E-state index in [9.17, 15) is 0 Å². The third-order valence-corrected chi connectivity index (χ3v) is 5.20. The van der Waals surface area contributed by atoms with Crippen molar-refractivity contribution in [2.75, 3.05) is 11.4 Å². The maximum Gasteiger partial charge on any atom is 0.207 e. The van der Waals surface area contributed by atoms with E-state index in [0.717, 1.165) is 6.54 Å². The molecular formula is C24H25N2+. The van der Waals surface area contributed by atoms with Crippen LogP contribution in [0.5, 0.6) is 0 Å². The second-order valence-corrected chi connectivity index (χ2v) is 7.07. The van der Waals surface area contributed by atoms with E-state index in [1.807, 2.05) is 0 Å². The van der Waals surface area contributed by atoms with Gasteiger partial charge in [-0.05, 0) is 55.5 Å². The van der Waals surface area contributed by atoms with E-state index in [4.69, 9.17) is 0 Å². The highest BCUT2D eigenvalue weighted by atomic mass is 15.1. The number of rotatable bonds is 2. The molecule has 2 aromatic carbocycles. The SMILES string of the molecule is CCN1/C(=C/c2ccc(C)c[n+]2C)C=Cc2cc(C)c3ccccc3c21. The zero-order valence-corrected chi connectivity index (χ0v) is 16.0. The Kier molecular flexibility index (Phi) is 4.12. The highest BCUT2D eigenvalue weighted by molar-refractivity contribution is 6.02. The minimum absolute atomic E-state index is 0.936. The van der Waals surface area contributed by atoms with Crippen LogP contribution in [0.4, 0.5) is 5.69 Å². The van der Waals surface area contributed by atoms with E-state index in [0.29, 0.717) is 0 Å². The summed E-state index contributed by atoms with van der Waals surface area (Å²) in [5.74, 6) is 0. The number of nitrogens with zero attached hydrogens (tertiary/aromatic N) is 2. The molecule has 3 aromatic rings. The zero-order valence-electron chi connectivity index (χ0n) is 16.0. The van der Waals surface area contributed by atoms with Crippen molar-refractivity contribution in [1.82, 2.24) is 0 Å². The molecule has 0 unspecified atom stereocenters. The second kappa shape index (κ2) is 6.45. The molecule has 26 heavy (non-hydrogen) atoms. The Bertz CT molecular complexity index is 1060. The molecule has 130 valence electrons. The van der Waals surface area contributed by atoms with Crippen LogP contribution < -0.4 is 9.47 Å². The standard InChI is InChI=1S/C24H25N2/c1-5-26-21(15-20-12-10-17(2)16-25(20)4)13-11-19-14-18(3)22-8-6-7-9-23(22)24(19)26/h6-16H,5H2,1-4H3/q+1. The van der Waals surface area contributed by atoms with Crippen LogP contribution in [0.2, 0.25) is 0 Å². The summed E-state index contributed by atoms with van der Waals surface area (Å²) in [6.45, 7) is 7.48. The minimum atomic E-state index is 0.936. The third kappa shape index (κ3) is 2.72. The number of hydrogen-bond acceptors (Lipinski definition) is 1. The average molecular weight is 341 g/mol. The molecule has 0 saturated heterocycles. The molecule has 0 radical (unpaired) electrons. The number of anilines is 1. The van der Waals surface area contributed by atoms with Gasteiger partial charge in [-0.15, -0.1) is 0 Å². The number of aromatic nitrogens is 1. The molecular weight excluding hydrogens is 316 g/mol. The predicted molar refractivity (Wildman–Crippen MR) is 111 cm³/mol. The van der Waals surface area contributed by atoms with E-state index in [1.165, 1.54) is 44.5 Å². The first-order chi connectivity index (χ1) is 12.6. The highest BCUT2D eigenvalue weighted by Gasteiger charge is 2.21. The van der Waals surface area contributed by atoms with Gasteiger partial charge >= 0.3 is 0 Å². The summed E-state index contributed by atoms with van der Waals surface area (Å²) >= 11 is 0. The number of likely N-dealkylation sites (N-methyl/N-ethyl adjacent to an activating group) is 1. The van der Waals surface area contributed by atoms with Crippen molar-refractivity contribution in [2.45, 2.75) is 20.8 Å². The molecule has 0 atom stereocenters. The molecule has 0 aliphatic carbocycles. The van der Waals surface area contributed by atoms with Gasteiger partial charge in [-0.3, -0.25) is 0 Å². The fourth-order valence-corrected chi connectivity index (χ4v) is 3.92. The first kappa shape index (κ1) is 16.6. The van der Waals surface area contributed by atoms with Crippen LogP contribution in [-0.4, -0.2) is 6.54 Å².